The number of halogens is 3. The Kier molecular flexibility index (Phi) is 5.01. The summed E-state index contributed by atoms with van der Waals surface area (Å²) in [5, 5.41) is 0.425. The van der Waals surface area contributed by atoms with E-state index in [4.69, 9.17) is 11.6 Å². The van der Waals surface area contributed by atoms with Gasteiger partial charge in [-0.25, -0.2) is 26.9 Å². The van der Waals surface area contributed by atoms with Gasteiger partial charge in [0.25, 0.3) is 0 Å². The predicted molar refractivity (Wildman–Crippen MR) is 95.5 cm³/mol. The highest BCUT2D eigenvalue weighted by Crippen LogP contribution is 2.25. The molecule has 0 aliphatic rings. The number of hydrogen-bond donors (Lipinski definition) is 1. The largest absolute Gasteiger partial charge is 0.327 e. The molecule has 0 aliphatic carbocycles. The van der Waals surface area contributed by atoms with Crippen LogP contribution in [0.1, 0.15) is 25.7 Å². The number of imidazole rings is 1. The molecule has 1 atom stereocenters. The Bertz CT molecular complexity index is 1070. The molecule has 9 heteroatoms. The van der Waals surface area contributed by atoms with Gasteiger partial charge in [-0.05, 0) is 38.1 Å². The van der Waals surface area contributed by atoms with E-state index in [1.807, 2.05) is 6.92 Å². The maximum Gasteiger partial charge on any atom is 0.241 e. The van der Waals surface area contributed by atoms with Crippen molar-refractivity contribution >= 4 is 32.7 Å². The molecule has 1 heterocycles. The van der Waals surface area contributed by atoms with Crippen LogP contribution in [0.3, 0.4) is 0 Å². The molecule has 1 aromatic heterocycles. The summed E-state index contributed by atoms with van der Waals surface area (Å²) in [5.41, 5.74) is 0.664. The van der Waals surface area contributed by atoms with Crippen molar-refractivity contribution < 1.29 is 17.2 Å². The van der Waals surface area contributed by atoms with Gasteiger partial charge in [-0.3, -0.25) is 0 Å². The summed E-state index contributed by atoms with van der Waals surface area (Å²) in [5.74, 6) is -1.61. The second-order valence-corrected chi connectivity index (χ2v) is 7.92. The van der Waals surface area contributed by atoms with Crippen LogP contribution in [-0.4, -0.2) is 18.0 Å². The van der Waals surface area contributed by atoms with E-state index in [9.17, 15) is 17.2 Å². The van der Waals surface area contributed by atoms with Gasteiger partial charge in [-0.1, -0.05) is 11.6 Å². The van der Waals surface area contributed by atoms with Gasteiger partial charge in [-0.2, -0.15) is 0 Å². The number of hydrogen-bond acceptors (Lipinski definition) is 3. The molecule has 3 aromatic rings. The zero-order valence-electron chi connectivity index (χ0n) is 14.0. The molecule has 0 aliphatic heterocycles. The van der Waals surface area contributed by atoms with Crippen LogP contribution in [0.2, 0.25) is 5.02 Å². The first-order valence-corrected chi connectivity index (χ1v) is 9.72. The molecule has 0 spiro atoms. The van der Waals surface area contributed by atoms with Crippen LogP contribution >= 0.6 is 11.6 Å². The third kappa shape index (κ3) is 3.44. The quantitative estimate of drug-likeness (QED) is 0.704. The molecule has 5 nitrogen and oxygen atoms in total. The lowest BCUT2D eigenvalue weighted by Crippen LogP contribution is -2.28. The minimum Gasteiger partial charge on any atom is -0.327 e. The molecule has 0 radical (unpaired) electrons. The smallest absolute Gasteiger partial charge is 0.241 e. The first-order chi connectivity index (χ1) is 12.2. The van der Waals surface area contributed by atoms with Crippen molar-refractivity contribution in [1.29, 1.82) is 0 Å². The number of aryl methyl sites for hydroxylation is 1. The Labute approximate surface area is 154 Å². The maximum absolute atomic E-state index is 13.6. The molecule has 0 saturated carbocycles. The molecule has 0 fully saturated rings. The lowest BCUT2D eigenvalue weighted by molar-refractivity contribution is 0.510. The van der Waals surface area contributed by atoms with Crippen molar-refractivity contribution in [3.63, 3.8) is 0 Å². The van der Waals surface area contributed by atoms with E-state index < -0.39 is 27.7 Å². The number of sulfonamides is 1. The number of benzene rings is 2. The average Bonchev–Trinajstić information content (AvgIpc) is 2.93. The van der Waals surface area contributed by atoms with E-state index in [0.29, 0.717) is 22.9 Å². The van der Waals surface area contributed by atoms with Crippen molar-refractivity contribution in [2.75, 3.05) is 0 Å². The Morgan fingerprint density at radius 1 is 1.19 bits per heavy atom. The molecule has 3 rings (SSSR count). The molecular formula is C17H16ClF2N3O2S. The van der Waals surface area contributed by atoms with Gasteiger partial charge in [0.2, 0.25) is 10.0 Å². The topological polar surface area (TPSA) is 64.0 Å². The molecule has 2 aromatic carbocycles. The third-order valence-corrected chi connectivity index (χ3v) is 5.79. The molecule has 0 saturated heterocycles. The highest BCUT2D eigenvalue weighted by molar-refractivity contribution is 7.89. The molecule has 138 valence electrons. The molecule has 1 unspecified atom stereocenters. The fourth-order valence-electron chi connectivity index (χ4n) is 2.77. The molecular weight excluding hydrogens is 384 g/mol. The average molecular weight is 400 g/mol. The van der Waals surface area contributed by atoms with E-state index in [1.165, 1.54) is 24.3 Å². The van der Waals surface area contributed by atoms with Crippen LogP contribution < -0.4 is 4.72 Å². The van der Waals surface area contributed by atoms with E-state index >= 15 is 0 Å². The monoisotopic (exact) mass is 399 g/mol. The van der Waals surface area contributed by atoms with Crippen LogP contribution in [0.4, 0.5) is 8.78 Å². The van der Waals surface area contributed by atoms with Crippen LogP contribution in [0.25, 0.3) is 11.0 Å². The number of fused-ring (bicyclic) bond motifs is 1. The Morgan fingerprint density at radius 3 is 2.42 bits per heavy atom. The van der Waals surface area contributed by atoms with Crippen molar-refractivity contribution in [3.8, 4) is 0 Å². The van der Waals surface area contributed by atoms with Gasteiger partial charge in [0.05, 0.1) is 22.0 Å². The second-order valence-electron chi connectivity index (χ2n) is 5.77. The van der Waals surface area contributed by atoms with Gasteiger partial charge < -0.3 is 4.57 Å². The zero-order chi connectivity index (χ0) is 19.1. The number of nitrogens with one attached hydrogen (secondary N) is 1. The minimum absolute atomic E-state index is 0.0602. The van der Waals surface area contributed by atoms with E-state index in [2.05, 4.69) is 9.71 Å². The van der Waals surface area contributed by atoms with Gasteiger partial charge >= 0.3 is 0 Å². The second kappa shape index (κ2) is 6.94. The lowest BCUT2D eigenvalue weighted by atomic mass is 10.3. The summed E-state index contributed by atoms with van der Waals surface area (Å²) >= 11 is 5.78. The predicted octanol–water partition coefficient (Wildman–Crippen LogP) is 4.03. The van der Waals surface area contributed by atoms with Crippen molar-refractivity contribution in [2.45, 2.75) is 31.3 Å². The normalized spacial score (nSPS) is 13.3. The van der Waals surface area contributed by atoms with Gasteiger partial charge in [0.15, 0.2) is 11.6 Å². The fourth-order valence-corrected chi connectivity index (χ4v) is 4.10. The standard InChI is InChI=1S/C17H16ClF2N3O2S/c1-3-23-16-9-14(20)13(19)8-15(16)21-17(23)10(2)22-26(24,25)12-6-4-11(18)5-7-12/h4-10,22H,3H2,1-2H3. The summed E-state index contributed by atoms with van der Waals surface area (Å²) in [6.07, 6.45) is 0. The van der Waals surface area contributed by atoms with Crippen LogP contribution in [0, 0.1) is 11.6 Å². The number of rotatable bonds is 5. The summed E-state index contributed by atoms with van der Waals surface area (Å²) < 4.78 is 56.3. The molecule has 0 bridgehead atoms. The zero-order valence-corrected chi connectivity index (χ0v) is 15.6. The molecule has 26 heavy (non-hydrogen) atoms. The summed E-state index contributed by atoms with van der Waals surface area (Å²) in [7, 11) is -3.81. The SMILES string of the molecule is CCn1c(C(C)NS(=O)(=O)c2ccc(Cl)cc2)nc2cc(F)c(F)cc21. The highest BCUT2D eigenvalue weighted by Gasteiger charge is 2.23. The number of aromatic nitrogens is 2. The van der Waals surface area contributed by atoms with Crippen molar-refractivity contribution in [1.82, 2.24) is 14.3 Å². The van der Waals surface area contributed by atoms with Crippen LogP contribution in [0.15, 0.2) is 41.3 Å². The van der Waals surface area contributed by atoms with Crippen molar-refractivity contribution in [2.24, 2.45) is 0 Å². The van der Waals surface area contributed by atoms with E-state index in [-0.39, 0.29) is 10.4 Å². The Morgan fingerprint density at radius 2 is 1.81 bits per heavy atom. The minimum atomic E-state index is -3.81. The maximum atomic E-state index is 13.6. The Hall–Kier alpha value is -2.03. The van der Waals surface area contributed by atoms with Crippen LogP contribution in [0.5, 0.6) is 0 Å². The fraction of sp³-hybridized carbons (Fsp3) is 0.235. The number of nitrogens with zero attached hydrogens (tertiary/aromatic N) is 2. The van der Waals surface area contributed by atoms with E-state index in [1.54, 1.807) is 11.5 Å². The van der Waals surface area contributed by atoms with Crippen molar-refractivity contribution in [3.05, 3.63) is 58.9 Å². The van der Waals surface area contributed by atoms with Crippen LogP contribution in [-0.2, 0) is 16.6 Å². The van der Waals surface area contributed by atoms with E-state index in [0.717, 1.165) is 12.1 Å². The summed E-state index contributed by atoms with van der Waals surface area (Å²) in [4.78, 5) is 4.35. The Balaban J connectivity index is 1.99. The molecule has 1 N–H and O–H groups in total. The third-order valence-electron chi connectivity index (χ3n) is 3.98. The van der Waals surface area contributed by atoms with Gasteiger partial charge in [0.1, 0.15) is 5.82 Å². The molecule has 0 amide bonds. The lowest BCUT2D eigenvalue weighted by Gasteiger charge is -2.15. The first kappa shape index (κ1) is 18.8. The first-order valence-electron chi connectivity index (χ1n) is 7.86. The highest BCUT2D eigenvalue weighted by atomic mass is 35.5. The summed E-state index contributed by atoms with van der Waals surface area (Å²) in [6.45, 7) is 3.85. The summed E-state index contributed by atoms with van der Waals surface area (Å²) in [6, 6.07) is 7.09. The van der Waals surface area contributed by atoms with Gasteiger partial charge in [0, 0.05) is 23.7 Å². The van der Waals surface area contributed by atoms with Gasteiger partial charge in [-0.15, -0.1) is 0 Å².